The van der Waals surface area contributed by atoms with Crippen LogP contribution in [0.15, 0.2) is 42.6 Å². The van der Waals surface area contributed by atoms with Crippen LogP contribution in [-0.4, -0.2) is 16.0 Å². The number of aryl methyl sites for hydroxylation is 1. The largest absolute Gasteiger partial charge is 0.352 e. The highest BCUT2D eigenvalue weighted by atomic mass is 15.2. The zero-order chi connectivity index (χ0) is 13.2. The summed E-state index contributed by atoms with van der Waals surface area (Å²) >= 11 is 0. The zero-order valence-electron chi connectivity index (χ0n) is 11.1. The van der Waals surface area contributed by atoms with Crippen molar-refractivity contribution in [2.75, 3.05) is 6.54 Å². The van der Waals surface area contributed by atoms with E-state index in [9.17, 15) is 5.26 Å². The third-order valence-corrected chi connectivity index (χ3v) is 3.91. The number of hydrogen-bond acceptors (Lipinski definition) is 2. The zero-order valence-corrected chi connectivity index (χ0v) is 11.1. The quantitative estimate of drug-likeness (QED) is 0.822. The fourth-order valence-electron chi connectivity index (χ4n) is 2.83. The van der Waals surface area contributed by atoms with Gasteiger partial charge in [-0.1, -0.05) is 24.3 Å². The fraction of sp³-hybridized carbons (Fsp3) is 0.312. The van der Waals surface area contributed by atoms with Crippen molar-refractivity contribution in [2.24, 2.45) is 7.05 Å². The maximum absolute atomic E-state index is 9.52. The summed E-state index contributed by atoms with van der Waals surface area (Å²) in [6.45, 7) is 1.81. The van der Waals surface area contributed by atoms with Crippen LogP contribution in [0.25, 0.3) is 0 Å². The molecule has 1 aromatic heterocycles. The van der Waals surface area contributed by atoms with Crippen LogP contribution in [0.5, 0.6) is 0 Å². The van der Waals surface area contributed by atoms with E-state index in [-0.39, 0.29) is 6.04 Å². The number of fused-ring (bicyclic) bond motifs is 1. The average molecular weight is 251 g/mol. The Hall–Kier alpha value is -2.05. The first-order chi connectivity index (χ1) is 9.29. The second kappa shape index (κ2) is 4.91. The molecule has 0 aliphatic carbocycles. The monoisotopic (exact) mass is 251 g/mol. The highest BCUT2D eigenvalue weighted by Crippen LogP contribution is 2.27. The van der Waals surface area contributed by atoms with E-state index in [0.29, 0.717) is 0 Å². The molecule has 0 spiro atoms. The minimum Gasteiger partial charge on any atom is -0.352 e. The summed E-state index contributed by atoms with van der Waals surface area (Å²) in [5.74, 6) is 0. The van der Waals surface area contributed by atoms with Gasteiger partial charge >= 0.3 is 0 Å². The van der Waals surface area contributed by atoms with Gasteiger partial charge in [0.15, 0.2) is 0 Å². The Balaban J connectivity index is 1.88. The summed E-state index contributed by atoms with van der Waals surface area (Å²) in [5, 5.41) is 9.52. The molecule has 3 nitrogen and oxygen atoms in total. The van der Waals surface area contributed by atoms with Gasteiger partial charge in [-0.15, -0.1) is 0 Å². The lowest BCUT2D eigenvalue weighted by atomic mass is 9.98. The van der Waals surface area contributed by atoms with Gasteiger partial charge in [-0.05, 0) is 29.7 Å². The first-order valence-electron chi connectivity index (χ1n) is 6.61. The molecule has 2 heterocycles. The van der Waals surface area contributed by atoms with Gasteiger partial charge in [0.05, 0.1) is 6.07 Å². The molecule has 19 heavy (non-hydrogen) atoms. The van der Waals surface area contributed by atoms with Crippen LogP contribution in [-0.2, 0) is 20.0 Å². The SMILES string of the molecule is Cn1cccc1[C@H](C#N)N1CCc2ccccc2C1. The average Bonchev–Trinajstić information content (AvgIpc) is 2.86. The van der Waals surface area contributed by atoms with Gasteiger partial charge in [0, 0.05) is 32.0 Å². The van der Waals surface area contributed by atoms with Crippen LogP contribution in [0.4, 0.5) is 0 Å². The maximum atomic E-state index is 9.52. The highest BCUT2D eigenvalue weighted by molar-refractivity contribution is 5.30. The Labute approximate surface area is 113 Å². The van der Waals surface area contributed by atoms with E-state index < -0.39 is 0 Å². The van der Waals surface area contributed by atoms with E-state index in [1.807, 2.05) is 29.9 Å². The van der Waals surface area contributed by atoms with E-state index in [0.717, 1.165) is 25.2 Å². The Morgan fingerprint density at radius 1 is 1.16 bits per heavy atom. The van der Waals surface area contributed by atoms with Gasteiger partial charge in [-0.2, -0.15) is 5.26 Å². The van der Waals surface area contributed by atoms with Gasteiger partial charge in [0.25, 0.3) is 0 Å². The van der Waals surface area contributed by atoms with Crippen molar-refractivity contribution >= 4 is 0 Å². The number of aromatic nitrogens is 1. The van der Waals surface area contributed by atoms with E-state index in [2.05, 4.69) is 35.2 Å². The smallest absolute Gasteiger partial charge is 0.139 e. The van der Waals surface area contributed by atoms with Crippen LogP contribution in [0.3, 0.4) is 0 Å². The van der Waals surface area contributed by atoms with Crippen molar-refractivity contribution in [1.29, 1.82) is 5.26 Å². The molecule has 1 aliphatic heterocycles. The van der Waals surface area contributed by atoms with Crippen molar-refractivity contribution in [2.45, 2.75) is 19.0 Å². The summed E-state index contributed by atoms with van der Waals surface area (Å²) < 4.78 is 2.04. The van der Waals surface area contributed by atoms with E-state index in [1.165, 1.54) is 11.1 Å². The first-order valence-corrected chi connectivity index (χ1v) is 6.61. The van der Waals surface area contributed by atoms with Crippen LogP contribution < -0.4 is 0 Å². The third kappa shape index (κ3) is 2.16. The molecule has 0 fully saturated rings. The summed E-state index contributed by atoms with van der Waals surface area (Å²) in [5.41, 5.74) is 3.84. The van der Waals surface area contributed by atoms with Gasteiger partial charge in [0.2, 0.25) is 0 Å². The van der Waals surface area contributed by atoms with Crippen molar-refractivity contribution < 1.29 is 0 Å². The van der Waals surface area contributed by atoms with E-state index in [1.54, 1.807) is 0 Å². The van der Waals surface area contributed by atoms with Crippen LogP contribution in [0, 0.1) is 11.3 Å². The molecular formula is C16H17N3. The number of benzene rings is 1. The molecule has 2 aromatic rings. The molecule has 96 valence electrons. The van der Waals surface area contributed by atoms with Crippen LogP contribution in [0.2, 0.25) is 0 Å². The van der Waals surface area contributed by atoms with Crippen molar-refractivity contribution in [3.63, 3.8) is 0 Å². The van der Waals surface area contributed by atoms with Crippen molar-refractivity contribution in [3.8, 4) is 6.07 Å². The van der Waals surface area contributed by atoms with E-state index in [4.69, 9.17) is 0 Å². The molecule has 1 atom stereocenters. The molecule has 0 saturated carbocycles. The summed E-state index contributed by atoms with van der Waals surface area (Å²) in [7, 11) is 2.00. The van der Waals surface area contributed by atoms with Crippen molar-refractivity contribution in [3.05, 3.63) is 59.4 Å². The molecule has 1 aliphatic rings. The molecule has 3 heteroatoms. The highest BCUT2D eigenvalue weighted by Gasteiger charge is 2.25. The second-order valence-electron chi connectivity index (χ2n) is 5.06. The number of nitriles is 1. The molecule has 0 unspecified atom stereocenters. The van der Waals surface area contributed by atoms with Gasteiger partial charge in [-0.3, -0.25) is 4.90 Å². The van der Waals surface area contributed by atoms with Crippen LogP contribution >= 0.6 is 0 Å². The molecule has 0 radical (unpaired) electrons. The Bertz CT molecular complexity index is 621. The lowest BCUT2D eigenvalue weighted by Crippen LogP contribution is -2.34. The molecule has 0 N–H and O–H groups in total. The molecule has 3 rings (SSSR count). The Morgan fingerprint density at radius 2 is 1.95 bits per heavy atom. The third-order valence-electron chi connectivity index (χ3n) is 3.91. The van der Waals surface area contributed by atoms with Gasteiger partial charge in [-0.25, -0.2) is 0 Å². The van der Waals surface area contributed by atoms with E-state index >= 15 is 0 Å². The lowest BCUT2D eigenvalue weighted by Gasteiger charge is -2.32. The predicted molar refractivity (Wildman–Crippen MR) is 74.3 cm³/mol. The standard InChI is InChI=1S/C16H17N3/c1-18-9-4-7-15(18)16(11-17)19-10-8-13-5-2-3-6-14(13)12-19/h2-7,9,16H,8,10,12H2,1H3/t16-/m0/s1. The maximum Gasteiger partial charge on any atom is 0.139 e. The minimum atomic E-state index is -0.159. The molecular weight excluding hydrogens is 234 g/mol. The topological polar surface area (TPSA) is 32.0 Å². The molecule has 0 amide bonds. The van der Waals surface area contributed by atoms with Crippen LogP contribution in [0.1, 0.15) is 22.9 Å². The molecule has 0 saturated heterocycles. The summed E-state index contributed by atoms with van der Waals surface area (Å²) in [4.78, 5) is 2.26. The number of rotatable bonds is 2. The summed E-state index contributed by atoms with van der Waals surface area (Å²) in [6.07, 6.45) is 3.02. The normalized spacial score (nSPS) is 16.6. The van der Waals surface area contributed by atoms with Gasteiger partial charge in [0.1, 0.15) is 6.04 Å². The predicted octanol–water partition coefficient (Wildman–Crippen LogP) is 2.65. The first kappa shape index (κ1) is 12.0. The fourth-order valence-corrected chi connectivity index (χ4v) is 2.83. The van der Waals surface area contributed by atoms with Crippen molar-refractivity contribution in [1.82, 2.24) is 9.47 Å². The van der Waals surface area contributed by atoms with Gasteiger partial charge < -0.3 is 4.57 Å². The second-order valence-corrected chi connectivity index (χ2v) is 5.06. The Kier molecular flexibility index (Phi) is 3.10. The summed E-state index contributed by atoms with van der Waals surface area (Å²) in [6, 6.07) is 14.9. The number of hydrogen-bond donors (Lipinski definition) is 0. The lowest BCUT2D eigenvalue weighted by molar-refractivity contribution is 0.211. The Morgan fingerprint density at radius 3 is 2.63 bits per heavy atom. The molecule has 1 aromatic carbocycles. The number of nitrogens with zero attached hydrogens (tertiary/aromatic N) is 3. The molecule has 0 bridgehead atoms. The minimum absolute atomic E-state index is 0.159.